The average Bonchev–Trinajstić information content (AvgIpc) is 3.34. The molecule has 0 atom stereocenters. The van der Waals surface area contributed by atoms with Gasteiger partial charge in [0, 0.05) is 5.56 Å². The number of hydrogen-bond acceptors (Lipinski definition) is 8. The first-order valence-electron chi connectivity index (χ1n) is 7.77. The van der Waals surface area contributed by atoms with Crippen LogP contribution in [0.5, 0.6) is 17.2 Å². The molecule has 2 aromatic carbocycles. The molecule has 132 valence electrons. The number of Topliss-reactive ketones (excluding diaryl/α,β-unsaturated/α-hetero) is 1. The first-order chi connectivity index (χ1) is 12.7. The summed E-state index contributed by atoms with van der Waals surface area (Å²) in [6, 6.07) is 12.5. The Hall–Kier alpha value is -3.00. The number of hydrogen-bond donors (Lipinski definition) is 0. The van der Waals surface area contributed by atoms with E-state index in [0.29, 0.717) is 33.9 Å². The van der Waals surface area contributed by atoms with Crippen LogP contribution in [0.1, 0.15) is 10.4 Å². The summed E-state index contributed by atoms with van der Waals surface area (Å²) in [5.74, 6) is 2.32. The van der Waals surface area contributed by atoms with E-state index < -0.39 is 0 Å². The monoisotopic (exact) mass is 370 g/mol. The molecule has 0 unspecified atom stereocenters. The molecule has 1 aromatic heterocycles. The number of ether oxygens (including phenoxy) is 3. The van der Waals surface area contributed by atoms with Crippen molar-refractivity contribution in [2.45, 2.75) is 5.22 Å². The summed E-state index contributed by atoms with van der Waals surface area (Å²) in [6.45, 7) is 0.203. The Kier molecular flexibility index (Phi) is 4.49. The number of nitrogens with zero attached hydrogens (tertiary/aromatic N) is 2. The highest BCUT2D eigenvalue weighted by atomic mass is 32.2. The topological polar surface area (TPSA) is 83.7 Å². The third-order valence-corrected chi connectivity index (χ3v) is 4.58. The number of methoxy groups -OCH3 is 1. The van der Waals surface area contributed by atoms with Gasteiger partial charge in [-0.15, -0.1) is 10.2 Å². The Balaban J connectivity index is 1.45. The number of thioether (sulfide) groups is 1. The van der Waals surface area contributed by atoms with Crippen molar-refractivity contribution in [3.63, 3.8) is 0 Å². The van der Waals surface area contributed by atoms with E-state index in [1.807, 2.05) is 12.1 Å². The Morgan fingerprint density at radius 1 is 1.15 bits per heavy atom. The van der Waals surface area contributed by atoms with Crippen molar-refractivity contribution in [3.05, 3.63) is 48.0 Å². The van der Waals surface area contributed by atoms with Crippen molar-refractivity contribution in [2.75, 3.05) is 19.7 Å². The van der Waals surface area contributed by atoms with Gasteiger partial charge < -0.3 is 18.6 Å². The zero-order valence-corrected chi connectivity index (χ0v) is 14.6. The number of carbonyl (C=O) groups is 1. The molecule has 0 amide bonds. The molecule has 0 bridgehead atoms. The zero-order chi connectivity index (χ0) is 17.9. The second kappa shape index (κ2) is 7.09. The van der Waals surface area contributed by atoms with Gasteiger partial charge in [-0.05, 0) is 30.3 Å². The van der Waals surface area contributed by atoms with Crippen molar-refractivity contribution < 1.29 is 23.4 Å². The Morgan fingerprint density at radius 2 is 2.00 bits per heavy atom. The number of benzene rings is 2. The third-order valence-electron chi connectivity index (χ3n) is 3.76. The van der Waals surface area contributed by atoms with Crippen LogP contribution in [0, 0.1) is 0 Å². The minimum absolute atomic E-state index is 0.0738. The van der Waals surface area contributed by atoms with Gasteiger partial charge in [0.25, 0.3) is 5.22 Å². The lowest BCUT2D eigenvalue weighted by atomic mass is 10.1. The first kappa shape index (κ1) is 16.5. The summed E-state index contributed by atoms with van der Waals surface area (Å²) in [6.07, 6.45) is 0. The number of aromatic nitrogens is 2. The van der Waals surface area contributed by atoms with Crippen LogP contribution < -0.4 is 14.2 Å². The van der Waals surface area contributed by atoms with E-state index in [1.54, 1.807) is 30.3 Å². The van der Waals surface area contributed by atoms with E-state index in [-0.39, 0.29) is 18.3 Å². The maximum atomic E-state index is 12.4. The van der Waals surface area contributed by atoms with Crippen molar-refractivity contribution in [3.8, 4) is 28.7 Å². The quantitative estimate of drug-likeness (QED) is 0.482. The van der Waals surface area contributed by atoms with Crippen molar-refractivity contribution in [1.29, 1.82) is 0 Å². The number of ketones is 1. The van der Waals surface area contributed by atoms with Gasteiger partial charge in [-0.25, -0.2) is 0 Å². The molecule has 0 saturated heterocycles. The number of para-hydroxylation sites is 1. The van der Waals surface area contributed by atoms with E-state index in [2.05, 4.69) is 10.2 Å². The van der Waals surface area contributed by atoms with Crippen LogP contribution in [-0.2, 0) is 0 Å². The molecule has 0 N–H and O–H groups in total. The summed E-state index contributed by atoms with van der Waals surface area (Å²) in [5.41, 5.74) is 1.25. The molecule has 2 heterocycles. The Bertz CT molecular complexity index is 956. The molecule has 0 aliphatic carbocycles. The Morgan fingerprint density at radius 3 is 2.88 bits per heavy atom. The number of carbonyl (C=O) groups excluding carboxylic acids is 1. The molecule has 7 nitrogen and oxygen atoms in total. The van der Waals surface area contributed by atoms with Crippen molar-refractivity contribution >= 4 is 17.5 Å². The predicted octanol–water partition coefficient (Wildman–Crippen LogP) is 3.45. The molecule has 26 heavy (non-hydrogen) atoms. The molecule has 8 heteroatoms. The lowest BCUT2D eigenvalue weighted by molar-refractivity contribution is 0.101. The van der Waals surface area contributed by atoms with Gasteiger partial charge in [-0.2, -0.15) is 0 Å². The zero-order valence-electron chi connectivity index (χ0n) is 13.8. The molecule has 0 saturated carbocycles. The van der Waals surface area contributed by atoms with E-state index >= 15 is 0 Å². The average molecular weight is 370 g/mol. The number of fused-ring (bicyclic) bond motifs is 1. The van der Waals surface area contributed by atoms with Crippen LogP contribution in [-0.4, -0.2) is 35.6 Å². The maximum absolute atomic E-state index is 12.4. The van der Waals surface area contributed by atoms with Crippen LogP contribution >= 0.6 is 11.8 Å². The molecular formula is C18H14N2O5S. The van der Waals surface area contributed by atoms with Crippen LogP contribution in [0.2, 0.25) is 0 Å². The summed E-state index contributed by atoms with van der Waals surface area (Å²) in [4.78, 5) is 12.4. The van der Waals surface area contributed by atoms with Crippen molar-refractivity contribution in [2.24, 2.45) is 0 Å². The van der Waals surface area contributed by atoms with Gasteiger partial charge >= 0.3 is 0 Å². The standard InChI is InChI=1S/C18H14N2O5S/c1-22-14-5-3-2-4-12(14)13(21)9-26-18-20-19-17(25-18)11-6-7-15-16(8-11)24-10-23-15/h2-8H,9-10H2,1H3. The fourth-order valence-electron chi connectivity index (χ4n) is 2.49. The van der Waals surface area contributed by atoms with E-state index in [0.717, 1.165) is 5.56 Å². The number of rotatable bonds is 6. The molecule has 1 aliphatic rings. The highest BCUT2D eigenvalue weighted by molar-refractivity contribution is 7.99. The molecule has 0 radical (unpaired) electrons. The molecule has 0 fully saturated rings. The van der Waals surface area contributed by atoms with Crippen LogP contribution in [0.25, 0.3) is 11.5 Å². The fourth-order valence-corrected chi connectivity index (χ4v) is 3.14. The van der Waals surface area contributed by atoms with Gasteiger partial charge in [-0.1, -0.05) is 23.9 Å². The van der Waals surface area contributed by atoms with E-state index in [9.17, 15) is 4.79 Å². The fraction of sp³-hybridized carbons (Fsp3) is 0.167. The van der Waals surface area contributed by atoms with Gasteiger partial charge in [0.05, 0.1) is 18.4 Å². The molecule has 3 aromatic rings. The first-order valence-corrected chi connectivity index (χ1v) is 8.75. The van der Waals surface area contributed by atoms with E-state index in [4.69, 9.17) is 18.6 Å². The van der Waals surface area contributed by atoms with Gasteiger partial charge in [-0.3, -0.25) is 4.79 Å². The van der Waals surface area contributed by atoms with Crippen LogP contribution in [0.4, 0.5) is 0 Å². The molecular weight excluding hydrogens is 356 g/mol. The van der Waals surface area contributed by atoms with Crippen LogP contribution in [0.3, 0.4) is 0 Å². The van der Waals surface area contributed by atoms with Crippen molar-refractivity contribution in [1.82, 2.24) is 10.2 Å². The molecule has 0 spiro atoms. The summed E-state index contributed by atoms with van der Waals surface area (Å²) in [7, 11) is 1.54. The van der Waals surface area contributed by atoms with Gasteiger partial charge in [0.2, 0.25) is 12.7 Å². The lowest BCUT2D eigenvalue weighted by Crippen LogP contribution is -2.04. The highest BCUT2D eigenvalue weighted by Gasteiger charge is 2.18. The normalized spacial score (nSPS) is 12.2. The lowest BCUT2D eigenvalue weighted by Gasteiger charge is -2.05. The maximum Gasteiger partial charge on any atom is 0.277 e. The Labute approximate surface area is 153 Å². The third kappa shape index (κ3) is 3.23. The summed E-state index contributed by atoms with van der Waals surface area (Å²) < 4.78 is 21.5. The minimum Gasteiger partial charge on any atom is -0.496 e. The van der Waals surface area contributed by atoms with Crippen LogP contribution in [0.15, 0.2) is 52.1 Å². The summed E-state index contributed by atoms with van der Waals surface area (Å²) in [5, 5.41) is 8.33. The largest absolute Gasteiger partial charge is 0.496 e. The smallest absolute Gasteiger partial charge is 0.277 e. The summed E-state index contributed by atoms with van der Waals surface area (Å²) >= 11 is 1.18. The highest BCUT2D eigenvalue weighted by Crippen LogP contribution is 2.36. The van der Waals surface area contributed by atoms with Gasteiger partial charge in [0.15, 0.2) is 17.3 Å². The van der Waals surface area contributed by atoms with E-state index in [1.165, 1.54) is 18.9 Å². The SMILES string of the molecule is COc1ccccc1C(=O)CSc1nnc(-c2ccc3c(c2)OCO3)o1. The predicted molar refractivity (Wildman–Crippen MR) is 93.9 cm³/mol. The molecule has 1 aliphatic heterocycles. The van der Waals surface area contributed by atoms with Gasteiger partial charge in [0.1, 0.15) is 5.75 Å². The second-order valence-electron chi connectivity index (χ2n) is 5.35. The minimum atomic E-state index is -0.0738. The molecule has 4 rings (SSSR count). The second-order valence-corrected chi connectivity index (χ2v) is 6.28.